The number of aromatic nitrogens is 4. The average Bonchev–Trinajstić information content (AvgIpc) is 3.24. The van der Waals surface area contributed by atoms with Crippen LogP contribution in [0.15, 0.2) is 14.4 Å². The number of hydrogen-bond acceptors (Lipinski definition) is 7. The van der Waals surface area contributed by atoms with Gasteiger partial charge < -0.3 is 9.40 Å². The lowest BCUT2D eigenvalue weighted by molar-refractivity contribution is 0.413. The van der Waals surface area contributed by atoms with Gasteiger partial charge in [-0.2, -0.15) is 0 Å². The first-order valence-electron chi connectivity index (χ1n) is 9.13. The van der Waals surface area contributed by atoms with E-state index in [0.717, 1.165) is 48.2 Å². The van der Waals surface area contributed by atoms with E-state index in [1.807, 2.05) is 6.92 Å². The number of aryl methyl sites for hydroxylation is 1. The Balaban J connectivity index is 1.45. The molecule has 3 aromatic rings. The minimum Gasteiger partial charge on any atom is -0.416 e. The Morgan fingerprint density at radius 1 is 1.31 bits per heavy atom. The lowest BCUT2D eigenvalue weighted by Gasteiger charge is -2.17. The molecule has 5 rings (SSSR count). The zero-order valence-electron chi connectivity index (χ0n) is 14.7. The third-order valence-electron chi connectivity index (χ3n) is 5.20. The Bertz CT molecular complexity index is 1030. The molecule has 8 heteroatoms. The number of thioether (sulfide) groups is 1. The Hall–Kier alpha value is -1.67. The highest BCUT2D eigenvalue weighted by Gasteiger charge is 2.30. The highest BCUT2D eigenvalue weighted by Crippen LogP contribution is 2.41. The fourth-order valence-corrected chi connectivity index (χ4v) is 5.67. The predicted octanol–water partition coefficient (Wildman–Crippen LogP) is 4.22. The molecule has 0 amide bonds. The summed E-state index contributed by atoms with van der Waals surface area (Å²) >= 11 is 3.13. The van der Waals surface area contributed by atoms with Gasteiger partial charge in [-0.05, 0) is 50.5 Å². The van der Waals surface area contributed by atoms with E-state index in [0.29, 0.717) is 22.9 Å². The number of H-pyrrole nitrogens is 1. The van der Waals surface area contributed by atoms with E-state index < -0.39 is 0 Å². The van der Waals surface area contributed by atoms with Gasteiger partial charge in [0, 0.05) is 10.8 Å². The Labute approximate surface area is 158 Å². The van der Waals surface area contributed by atoms with Gasteiger partial charge in [0.1, 0.15) is 10.7 Å². The van der Waals surface area contributed by atoms with Gasteiger partial charge in [-0.1, -0.05) is 18.7 Å². The molecule has 3 heterocycles. The van der Waals surface area contributed by atoms with Crippen LogP contribution in [0.4, 0.5) is 0 Å². The second-order valence-corrected chi connectivity index (χ2v) is 9.80. The molecule has 1 saturated carbocycles. The molecule has 0 bridgehead atoms. The summed E-state index contributed by atoms with van der Waals surface area (Å²) < 4.78 is 5.72. The Morgan fingerprint density at radius 2 is 2.15 bits per heavy atom. The molecule has 2 atom stereocenters. The number of nitrogens with one attached hydrogen (secondary N) is 1. The van der Waals surface area contributed by atoms with Gasteiger partial charge in [0.2, 0.25) is 5.89 Å². The fourth-order valence-electron chi connectivity index (χ4n) is 3.53. The molecule has 136 valence electrons. The molecule has 1 fully saturated rings. The van der Waals surface area contributed by atoms with Crippen LogP contribution >= 0.6 is 23.1 Å². The van der Waals surface area contributed by atoms with Crippen LogP contribution in [0.5, 0.6) is 0 Å². The number of nitrogens with zero attached hydrogens (tertiary/aromatic N) is 3. The number of rotatable bonds is 4. The van der Waals surface area contributed by atoms with E-state index in [2.05, 4.69) is 22.1 Å². The minimum absolute atomic E-state index is 0.0197. The summed E-state index contributed by atoms with van der Waals surface area (Å²) in [6, 6.07) is 0. The molecule has 1 N–H and O–H groups in total. The summed E-state index contributed by atoms with van der Waals surface area (Å²) in [4.78, 5) is 22.7. The molecular weight excluding hydrogens is 368 g/mol. The van der Waals surface area contributed by atoms with E-state index in [4.69, 9.17) is 9.40 Å². The van der Waals surface area contributed by atoms with E-state index in [1.54, 1.807) is 11.3 Å². The van der Waals surface area contributed by atoms with Crippen molar-refractivity contribution in [2.24, 2.45) is 5.92 Å². The summed E-state index contributed by atoms with van der Waals surface area (Å²) in [7, 11) is 0. The standard InChI is InChI=1S/C18H20N4O2S2/c1-8-3-6-11-12(7-8)26-17-13(11)15(23)19-14(20-17)9(2)25-18-22-21-16(24-18)10-4-5-10/h8-10H,3-7H2,1-2H3,(H,19,20,23)/t8-,9-/m0/s1. The van der Waals surface area contributed by atoms with Crippen molar-refractivity contribution in [1.82, 2.24) is 20.2 Å². The quantitative estimate of drug-likeness (QED) is 0.674. The number of aromatic amines is 1. The smallest absolute Gasteiger partial charge is 0.277 e. The first-order chi connectivity index (χ1) is 12.6. The second kappa shape index (κ2) is 6.20. The summed E-state index contributed by atoms with van der Waals surface area (Å²) in [5, 5.41) is 9.52. The summed E-state index contributed by atoms with van der Waals surface area (Å²) in [6.07, 6.45) is 5.45. The molecule has 2 aliphatic rings. The van der Waals surface area contributed by atoms with Gasteiger partial charge in [0.25, 0.3) is 10.8 Å². The molecule has 0 spiro atoms. The van der Waals surface area contributed by atoms with Gasteiger partial charge in [0.05, 0.1) is 10.6 Å². The summed E-state index contributed by atoms with van der Waals surface area (Å²) in [6.45, 7) is 4.28. The van der Waals surface area contributed by atoms with Crippen LogP contribution in [0.25, 0.3) is 10.2 Å². The molecule has 0 saturated heterocycles. The van der Waals surface area contributed by atoms with E-state index in [1.165, 1.54) is 22.2 Å². The van der Waals surface area contributed by atoms with E-state index in [9.17, 15) is 4.79 Å². The summed E-state index contributed by atoms with van der Waals surface area (Å²) in [5.41, 5.74) is 1.20. The second-order valence-electron chi connectivity index (χ2n) is 7.42. The van der Waals surface area contributed by atoms with Crippen LogP contribution in [0.3, 0.4) is 0 Å². The van der Waals surface area contributed by atoms with Crippen LogP contribution in [0.2, 0.25) is 0 Å². The lowest BCUT2D eigenvalue weighted by atomic mass is 9.89. The van der Waals surface area contributed by atoms with Crippen molar-refractivity contribution in [2.75, 3.05) is 0 Å². The van der Waals surface area contributed by atoms with Crippen molar-refractivity contribution in [3.8, 4) is 0 Å². The SMILES string of the molecule is C[C@H]1CCc2c(sc3nc([C@H](C)Sc4nnc(C5CC5)o4)[nH]c(=O)c23)C1. The molecule has 0 unspecified atom stereocenters. The fraction of sp³-hybridized carbons (Fsp3) is 0.556. The maximum Gasteiger partial charge on any atom is 0.277 e. The molecule has 6 nitrogen and oxygen atoms in total. The first kappa shape index (κ1) is 16.5. The number of hydrogen-bond donors (Lipinski definition) is 1. The third kappa shape index (κ3) is 2.89. The van der Waals surface area contributed by atoms with Crippen molar-refractivity contribution in [1.29, 1.82) is 0 Å². The molecule has 26 heavy (non-hydrogen) atoms. The zero-order valence-corrected chi connectivity index (χ0v) is 16.4. The van der Waals surface area contributed by atoms with Crippen LogP contribution < -0.4 is 5.56 Å². The Kier molecular flexibility index (Phi) is 3.93. The van der Waals surface area contributed by atoms with Gasteiger partial charge in [-0.25, -0.2) is 4.98 Å². The summed E-state index contributed by atoms with van der Waals surface area (Å²) in [5.74, 6) is 2.53. The van der Waals surface area contributed by atoms with Gasteiger partial charge in [-0.3, -0.25) is 4.79 Å². The van der Waals surface area contributed by atoms with Crippen molar-refractivity contribution in [3.63, 3.8) is 0 Å². The van der Waals surface area contributed by atoms with Crippen LogP contribution in [-0.4, -0.2) is 20.2 Å². The molecule has 0 aromatic carbocycles. The van der Waals surface area contributed by atoms with Crippen molar-refractivity contribution < 1.29 is 4.42 Å². The van der Waals surface area contributed by atoms with E-state index in [-0.39, 0.29) is 10.8 Å². The van der Waals surface area contributed by atoms with Crippen molar-refractivity contribution in [2.45, 2.75) is 62.3 Å². The highest BCUT2D eigenvalue weighted by molar-refractivity contribution is 7.99. The monoisotopic (exact) mass is 388 g/mol. The van der Waals surface area contributed by atoms with Crippen LogP contribution in [0.1, 0.15) is 66.4 Å². The van der Waals surface area contributed by atoms with Gasteiger partial charge >= 0.3 is 0 Å². The maximum atomic E-state index is 12.7. The molecule has 0 aliphatic heterocycles. The largest absolute Gasteiger partial charge is 0.416 e. The average molecular weight is 389 g/mol. The molecule has 0 radical (unpaired) electrons. The number of thiophene rings is 1. The maximum absolute atomic E-state index is 12.7. The van der Waals surface area contributed by atoms with Crippen LogP contribution in [-0.2, 0) is 12.8 Å². The van der Waals surface area contributed by atoms with E-state index >= 15 is 0 Å². The predicted molar refractivity (Wildman–Crippen MR) is 102 cm³/mol. The van der Waals surface area contributed by atoms with Crippen LogP contribution in [0, 0.1) is 5.92 Å². The zero-order chi connectivity index (χ0) is 17.8. The normalized spacial score (nSPS) is 21.1. The van der Waals surface area contributed by atoms with Crippen molar-refractivity contribution >= 4 is 33.3 Å². The number of fused-ring (bicyclic) bond motifs is 3. The lowest BCUT2D eigenvalue weighted by Crippen LogP contribution is -2.15. The van der Waals surface area contributed by atoms with Crippen molar-refractivity contribution in [3.05, 3.63) is 32.5 Å². The first-order valence-corrected chi connectivity index (χ1v) is 10.8. The topological polar surface area (TPSA) is 84.7 Å². The molecule has 2 aliphatic carbocycles. The van der Waals surface area contributed by atoms with Gasteiger partial charge in [-0.15, -0.1) is 21.5 Å². The Morgan fingerprint density at radius 3 is 2.96 bits per heavy atom. The minimum atomic E-state index is -0.0577. The third-order valence-corrected chi connectivity index (χ3v) is 7.29. The van der Waals surface area contributed by atoms with Gasteiger partial charge in [0.15, 0.2) is 0 Å². The highest BCUT2D eigenvalue weighted by atomic mass is 32.2. The molecular formula is C18H20N4O2S2. The molecule has 3 aromatic heterocycles.